The van der Waals surface area contributed by atoms with E-state index in [0.29, 0.717) is 5.75 Å². The van der Waals surface area contributed by atoms with Crippen molar-refractivity contribution in [3.63, 3.8) is 0 Å². The Morgan fingerprint density at radius 2 is 2.12 bits per heavy atom. The molecule has 1 aromatic carbocycles. The van der Waals surface area contributed by atoms with E-state index in [1.807, 2.05) is 18.2 Å². The average molecular weight is 309 g/mol. The zero-order valence-corrected chi connectivity index (χ0v) is 11.1. The van der Waals surface area contributed by atoms with Crippen molar-refractivity contribution in [3.05, 3.63) is 28.7 Å². The second-order valence-corrected chi connectivity index (χ2v) is 5.49. The second-order valence-electron chi connectivity index (χ2n) is 3.25. The van der Waals surface area contributed by atoms with E-state index in [1.165, 1.54) is 0 Å². The number of hydrogen-bond acceptors (Lipinski definition) is 3. The smallest absolute Gasteiger partial charge is 0.274 e. The molecule has 0 radical (unpaired) electrons. The molecule has 5 nitrogen and oxygen atoms in total. The molecule has 16 heavy (non-hydrogen) atoms. The lowest BCUT2D eigenvalue weighted by Gasteiger charge is -2.15. The first kappa shape index (κ1) is 13.4. The summed E-state index contributed by atoms with van der Waals surface area (Å²) in [5.41, 5.74) is 0. The minimum atomic E-state index is -3.66. The van der Waals surface area contributed by atoms with E-state index in [2.05, 4.69) is 20.7 Å². The molecule has 0 heterocycles. The molecule has 0 aliphatic heterocycles. The Hall–Kier alpha value is -0.630. The molecular weight excluding hydrogens is 296 g/mol. The number of nitrogens with one attached hydrogen (secondary N) is 1. The predicted molar refractivity (Wildman–Crippen MR) is 65.3 cm³/mol. The van der Waals surface area contributed by atoms with Gasteiger partial charge in [0.05, 0.1) is 4.47 Å². The average Bonchev–Trinajstić information content (AvgIpc) is 2.18. The van der Waals surface area contributed by atoms with Gasteiger partial charge in [0, 0.05) is 6.54 Å². The normalized spacial score (nSPS) is 13.4. The van der Waals surface area contributed by atoms with Gasteiger partial charge in [0.25, 0.3) is 10.2 Å². The molecule has 7 heteroatoms. The van der Waals surface area contributed by atoms with E-state index in [-0.39, 0.29) is 12.6 Å². The summed E-state index contributed by atoms with van der Waals surface area (Å²) in [6.07, 6.45) is -0.308. The molecule has 0 bridgehead atoms. The first-order valence-electron chi connectivity index (χ1n) is 4.57. The molecule has 0 aliphatic rings. The fourth-order valence-corrected chi connectivity index (χ4v) is 1.88. The second kappa shape index (κ2) is 5.62. The maximum atomic E-state index is 10.7. The van der Waals surface area contributed by atoms with E-state index >= 15 is 0 Å². The Kier molecular flexibility index (Phi) is 4.72. The number of ether oxygens (including phenoxy) is 1. The summed E-state index contributed by atoms with van der Waals surface area (Å²) in [6, 6.07) is 7.33. The van der Waals surface area contributed by atoms with Crippen molar-refractivity contribution < 1.29 is 13.2 Å². The Labute approximate surface area is 103 Å². The zero-order chi connectivity index (χ0) is 12.2. The van der Waals surface area contributed by atoms with Crippen LogP contribution >= 0.6 is 15.9 Å². The summed E-state index contributed by atoms with van der Waals surface area (Å²) in [5, 5.41) is 4.80. The van der Waals surface area contributed by atoms with Crippen molar-refractivity contribution in [1.29, 1.82) is 0 Å². The molecule has 1 rings (SSSR count). The van der Waals surface area contributed by atoms with Crippen LogP contribution in [0.2, 0.25) is 0 Å². The van der Waals surface area contributed by atoms with E-state index in [4.69, 9.17) is 9.88 Å². The minimum Gasteiger partial charge on any atom is -0.488 e. The molecule has 0 fully saturated rings. The molecule has 1 unspecified atom stereocenters. The van der Waals surface area contributed by atoms with Gasteiger partial charge in [-0.15, -0.1) is 0 Å². The van der Waals surface area contributed by atoms with Gasteiger partial charge in [-0.25, -0.2) is 5.14 Å². The standard InChI is InChI=1S/C9H13BrN2O3S/c1-7(6-12-16(11,13)14)15-9-5-3-2-4-8(9)10/h2-5,7,12H,6H2,1H3,(H2,11,13,14). The van der Waals surface area contributed by atoms with Gasteiger partial charge in [0.2, 0.25) is 0 Å². The van der Waals surface area contributed by atoms with Crippen LogP contribution in [0.5, 0.6) is 5.75 Å². The van der Waals surface area contributed by atoms with Crippen LogP contribution in [0.3, 0.4) is 0 Å². The maximum Gasteiger partial charge on any atom is 0.274 e. The van der Waals surface area contributed by atoms with Gasteiger partial charge in [-0.3, -0.25) is 0 Å². The van der Waals surface area contributed by atoms with E-state index < -0.39 is 10.2 Å². The van der Waals surface area contributed by atoms with Crippen molar-refractivity contribution in [2.24, 2.45) is 5.14 Å². The quantitative estimate of drug-likeness (QED) is 0.851. The van der Waals surface area contributed by atoms with Gasteiger partial charge in [-0.1, -0.05) is 12.1 Å². The lowest BCUT2D eigenvalue weighted by molar-refractivity contribution is 0.223. The number of rotatable bonds is 5. The van der Waals surface area contributed by atoms with Gasteiger partial charge in [0.15, 0.2) is 0 Å². The van der Waals surface area contributed by atoms with E-state index in [9.17, 15) is 8.42 Å². The highest BCUT2D eigenvalue weighted by Crippen LogP contribution is 2.24. The summed E-state index contributed by atoms with van der Waals surface area (Å²) in [6.45, 7) is 1.87. The predicted octanol–water partition coefficient (Wildman–Crippen LogP) is 1.01. The van der Waals surface area contributed by atoms with Crippen LogP contribution in [-0.4, -0.2) is 21.1 Å². The Morgan fingerprint density at radius 1 is 1.50 bits per heavy atom. The van der Waals surface area contributed by atoms with Crippen molar-refractivity contribution in [1.82, 2.24) is 4.72 Å². The lowest BCUT2D eigenvalue weighted by atomic mass is 10.3. The van der Waals surface area contributed by atoms with E-state index in [1.54, 1.807) is 13.0 Å². The first-order valence-corrected chi connectivity index (χ1v) is 6.91. The molecule has 0 saturated heterocycles. The summed E-state index contributed by atoms with van der Waals surface area (Å²) in [7, 11) is -3.66. The molecule has 0 spiro atoms. The van der Waals surface area contributed by atoms with Crippen LogP contribution in [0.1, 0.15) is 6.92 Å². The fraction of sp³-hybridized carbons (Fsp3) is 0.333. The lowest BCUT2D eigenvalue weighted by Crippen LogP contribution is -2.37. The Bertz CT molecular complexity index is 450. The third kappa shape index (κ3) is 4.93. The number of halogens is 1. The maximum absolute atomic E-state index is 10.7. The van der Waals surface area contributed by atoms with Crippen LogP contribution in [-0.2, 0) is 10.2 Å². The van der Waals surface area contributed by atoms with Gasteiger partial charge in [-0.05, 0) is 35.0 Å². The third-order valence-electron chi connectivity index (χ3n) is 1.74. The van der Waals surface area contributed by atoms with Crippen LogP contribution in [0, 0.1) is 0 Å². The highest BCUT2D eigenvalue weighted by molar-refractivity contribution is 9.10. The third-order valence-corrected chi connectivity index (χ3v) is 2.96. The van der Waals surface area contributed by atoms with Gasteiger partial charge < -0.3 is 4.74 Å². The summed E-state index contributed by atoms with van der Waals surface area (Å²) in [4.78, 5) is 0. The molecule has 0 aliphatic carbocycles. The van der Waals surface area contributed by atoms with Crippen molar-refractivity contribution >= 4 is 26.1 Å². The molecular formula is C9H13BrN2O3S. The summed E-state index contributed by atoms with van der Waals surface area (Å²) in [5.74, 6) is 0.659. The topological polar surface area (TPSA) is 81.4 Å². The molecule has 1 aromatic rings. The molecule has 90 valence electrons. The first-order chi connectivity index (χ1) is 7.38. The van der Waals surface area contributed by atoms with Crippen molar-refractivity contribution in [3.8, 4) is 5.75 Å². The summed E-state index contributed by atoms with van der Waals surface area (Å²) < 4.78 is 29.8. The van der Waals surface area contributed by atoms with Gasteiger partial charge >= 0.3 is 0 Å². The van der Waals surface area contributed by atoms with E-state index in [0.717, 1.165) is 4.47 Å². The number of benzene rings is 1. The van der Waals surface area contributed by atoms with Crippen LogP contribution in [0.15, 0.2) is 28.7 Å². The number of para-hydroxylation sites is 1. The van der Waals surface area contributed by atoms with Crippen molar-refractivity contribution in [2.75, 3.05) is 6.54 Å². The molecule has 1 atom stereocenters. The molecule has 0 aromatic heterocycles. The minimum absolute atomic E-state index is 0.125. The molecule has 0 amide bonds. The highest BCUT2D eigenvalue weighted by Gasteiger charge is 2.09. The molecule has 0 saturated carbocycles. The number of nitrogens with two attached hydrogens (primary N) is 1. The van der Waals surface area contributed by atoms with Gasteiger partial charge in [0.1, 0.15) is 11.9 Å². The number of hydrogen-bond donors (Lipinski definition) is 2. The van der Waals surface area contributed by atoms with Crippen LogP contribution in [0.25, 0.3) is 0 Å². The van der Waals surface area contributed by atoms with Gasteiger partial charge in [-0.2, -0.15) is 13.1 Å². The largest absolute Gasteiger partial charge is 0.488 e. The van der Waals surface area contributed by atoms with Crippen molar-refractivity contribution in [2.45, 2.75) is 13.0 Å². The zero-order valence-electron chi connectivity index (χ0n) is 8.68. The monoisotopic (exact) mass is 308 g/mol. The highest BCUT2D eigenvalue weighted by atomic mass is 79.9. The molecule has 3 N–H and O–H groups in total. The summed E-state index contributed by atoms with van der Waals surface area (Å²) >= 11 is 3.33. The van der Waals surface area contributed by atoms with Crippen LogP contribution in [0.4, 0.5) is 0 Å². The SMILES string of the molecule is CC(CNS(N)(=O)=O)Oc1ccccc1Br. The van der Waals surface area contributed by atoms with Crippen LogP contribution < -0.4 is 14.6 Å². The fourth-order valence-electron chi connectivity index (χ4n) is 1.03. The Morgan fingerprint density at radius 3 is 2.69 bits per heavy atom. The Balaban J connectivity index is 2.52.